The second-order valence-electron chi connectivity index (χ2n) is 3.20. The summed E-state index contributed by atoms with van der Waals surface area (Å²) in [6.07, 6.45) is 1.63. The highest BCUT2D eigenvalue weighted by Crippen LogP contribution is 2.12. The molecule has 2 aromatic heterocycles. The summed E-state index contributed by atoms with van der Waals surface area (Å²) in [6.45, 7) is 1.97. The average Bonchev–Trinajstić information content (AvgIpc) is 2.89. The Balaban J connectivity index is 1.94. The Kier molecular flexibility index (Phi) is 3.48. The third-order valence-corrected chi connectivity index (χ3v) is 3.48. The molecule has 5 heteroatoms. The van der Waals surface area contributed by atoms with Gasteiger partial charge in [-0.1, -0.05) is 0 Å². The molecule has 0 spiro atoms. The molecule has 82 valence electrons. The molecule has 0 saturated heterocycles. The van der Waals surface area contributed by atoms with Crippen LogP contribution in [0.4, 0.5) is 0 Å². The van der Waals surface area contributed by atoms with Crippen LogP contribution in [0.15, 0.2) is 33.4 Å². The van der Waals surface area contributed by atoms with Crippen LogP contribution in [0.1, 0.15) is 20.8 Å². The molecule has 2 aromatic rings. The lowest BCUT2D eigenvalue weighted by Crippen LogP contribution is -2.16. The molecule has 2 rings (SSSR count). The number of hydrogen-bond acceptors (Lipinski definition) is 4. The van der Waals surface area contributed by atoms with Crippen molar-refractivity contribution < 1.29 is 4.79 Å². The van der Waals surface area contributed by atoms with E-state index in [0.29, 0.717) is 5.56 Å². The number of aryl methyl sites for hydroxylation is 1. The number of amides is 1. The minimum atomic E-state index is -0.171. The second-order valence-corrected chi connectivity index (χ2v) is 5.10. The summed E-state index contributed by atoms with van der Waals surface area (Å²) in [7, 11) is 0. The van der Waals surface area contributed by atoms with Crippen LogP contribution in [0.2, 0.25) is 0 Å². The summed E-state index contributed by atoms with van der Waals surface area (Å²) in [6, 6.07) is 3.79. The molecule has 16 heavy (non-hydrogen) atoms. The zero-order valence-corrected chi connectivity index (χ0v) is 10.3. The molecule has 0 bridgehead atoms. The Morgan fingerprint density at radius 2 is 2.38 bits per heavy atom. The molecule has 0 aromatic carbocycles. The van der Waals surface area contributed by atoms with Gasteiger partial charge in [-0.25, -0.2) is 5.43 Å². The first-order chi connectivity index (χ1) is 7.75. The first-order valence-electron chi connectivity index (χ1n) is 4.66. The van der Waals surface area contributed by atoms with Gasteiger partial charge in [0.1, 0.15) is 0 Å². The first kappa shape index (κ1) is 11.0. The predicted octanol–water partition coefficient (Wildman–Crippen LogP) is 2.88. The smallest absolute Gasteiger partial charge is 0.267 e. The zero-order chi connectivity index (χ0) is 11.4. The van der Waals surface area contributed by atoms with Crippen molar-refractivity contribution in [2.45, 2.75) is 6.92 Å². The Hall–Kier alpha value is -1.46. The van der Waals surface area contributed by atoms with Crippen LogP contribution in [-0.2, 0) is 0 Å². The van der Waals surface area contributed by atoms with Gasteiger partial charge in [0.05, 0.1) is 11.8 Å². The molecule has 0 saturated carbocycles. The summed E-state index contributed by atoms with van der Waals surface area (Å²) < 4.78 is 0. The van der Waals surface area contributed by atoms with E-state index in [1.807, 2.05) is 35.2 Å². The molecule has 0 aliphatic carbocycles. The van der Waals surface area contributed by atoms with Gasteiger partial charge in [-0.05, 0) is 29.8 Å². The Labute approximate surface area is 101 Å². The third kappa shape index (κ3) is 2.77. The number of hydrogen-bond donors (Lipinski definition) is 1. The van der Waals surface area contributed by atoms with Gasteiger partial charge in [0.2, 0.25) is 0 Å². The van der Waals surface area contributed by atoms with Gasteiger partial charge in [-0.3, -0.25) is 4.79 Å². The van der Waals surface area contributed by atoms with Gasteiger partial charge in [-0.15, -0.1) is 11.3 Å². The van der Waals surface area contributed by atoms with Crippen molar-refractivity contribution in [1.29, 1.82) is 0 Å². The normalized spacial score (nSPS) is 10.8. The monoisotopic (exact) mass is 250 g/mol. The van der Waals surface area contributed by atoms with Crippen LogP contribution in [0.5, 0.6) is 0 Å². The van der Waals surface area contributed by atoms with Gasteiger partial charge in [0, 0.05) is 15.8 Å². The number of thiophene rings is 2. The predicted molar refractivity (Wildman–Crippen MR) is 68.4 cm³/mol. The van der Waals surface area contributed by atoms with E-state index >= 15 is 0 Å². The van der Waals surface area contributed by atoms with Crippen LogP contribution in [0.3, 0.4) is 0 Å². The highest BCUT2D eigenvalue weighted by Gasteiger charge is 2.05. The first-order valence-corrected chi connectivity index (χ1v) is 6.49. The van der Waals surface area contributed by atoms with Crippen LogP contribution in [-0.4, -0.2) is 12.1 Å². The van der Waals surface area contributed by atoms with Crippen LogP contribution in [0, 0.1) is 6.92 Å². The molecular formula is C11H10N2OS2. The Bertz CT molecular complexity index is 500. The van der Waals surface area contributed by atoms with E-state index in [1.165, 1.54) is 0 Å². The van der Waals surface area contributed by atoms with Gasteiger partial charge >= 0.3 is 0 Å². The topological polar surface area (TPSA) is 41.5 Å². The number of carbonyl (C=O) groups excluding carboxylic acids is 1. The van der Waals surface area contributed by atoms with Crippen LogP contribution >= 0.6 is 22.7 Å². The average molecular weight is 250 g/mol. The molecule has 2 heterocycles. The lowest BCUT2D eigenvalue weighted by molar-refractivity contribution is 0.0955. The molecule has 0 unspecified atom stereocenters. The van der Waals surface area contributed by atoms with Crippen LogP contribution < -0.4 is 5.43 Å². The standard InChI is InChI=1S/C11H10N2OS2/c1-8-4-10(7-16-8)11(14)13-12-5-9-2-3-15-6-9/h2-7H,1H3,(H,13,14)/b12-5-. The lowest BCUT2D eigenvalue weighted by Gasteiger charge is -1.94. The molecule has 0 aliphatic heterocycles. The van der Waals surface area contributed by atoms with Gasteiger partial charge in [-0.2, -0.15) is 16.4 Å². The zero-order valence-electron chi connectivity index (χ0n) is 8.64. The Morgan fingerprint density at radius 3 is 3.00 bits per heavy atom. The van der Waals surface area contributed by atoms with Gasteiger partial charge in [0.25, 0.3) is 5.91 Å². The van der Waals surface area contributed by atoms with Crippen LogP contribution in [0.25, 0.3) is 0 Å². The van der Waals surface area contributed by atoms with Crippen molar-refractivity contribution in [2.24, 2.45) is 5.10 Å². The van der Waals surface area contributed by atoms with Gasteiger partial charge in [0.15, 0.2) is 0 Å². The maximum absolute atomic E-state index is 11.6. The molecular weight excluding hydrogens is 240 g/mol. The van der Waals surface area contributed by atoms with Crippen molar-refractivity contribution in [2.75, 3.05) is 0 Å². The number of nitrogens with zero attached hydrogens (tertiary/aromatic N) is 1. The number of hydrazone groups is 1. The van der Waals surface area contributed by atoms with E-state index in [0.717, 1.165) is 10.4 Å². The summed E-state index contributed by atoms with van der Waals surface area (Å²) in [4.78, 5) is 12.7. The molecule has 1 N–H and O–H groups in total. The van der Waals surface area contributed by atoms with E-state index in [-0.39, 0.29) is 5.91 Å². The van der Waals surface area contributed by atoms with Crippen molar-refractivity contribution in [3.63, 3.8) is 0 Å². The number of rotatable bonds is 3. The fraction of sp³-hybridized carbons (Fsp3) is 0.0909. The van der Waals surface area contributed by atoms with Gasteiger partial charge < -0.3 is 0 Å². The van der Waals surface area contributed by atoms with E-state index in [9.17, 15) is 4.79 Å². The molecule has 0 atom stereocenters. The minimum absolute atomic E-state index is 0.171. The number of nitrogens with one attached hydrogen (secondary N) is 1. The quantitative estimate of drug-likeness (QED) is 0.660. The third-order valence-electron chi connectivity index (χ3n) is 1.92. The minimum Gasteiger partial charge on any atom is -0.267 e. The largest absolute Gasteiger partial charge is 0.272 e. The lowest BCUT2D eigenvalue weighted by atomic mass is 10.3. The highest BCUT2D eigenvalue weighted by atomic mass is 32.1. The molecule has 0 aliphatic rings. The van der Waals surface area contributed by atoms with Crippen molar-refractivity contribution in [3.8, 4) is 0 Å². The van der Waals surface area contributed by atoms with E-state index in [4.69, 9.17) is 0 Å². The van der Waals surface area contributed by atoms with E-state index in [2.05, 4.69) is 10.5 Å². The fourth-order valence-corrected chi connectivity index (χ4v) is 2.43. The molecule has 1 amide bonds. The summed E-state index contributed by atoms with van der Waals surface area (Å²) in [5, 5.41) is 9.64. The van der Waals surface area contributed by atoms with E-state index in [1.54, 1.807) is 28.9 Å². The number of carbonyl (C=O) groups is 1. The molecule has 3 nitrogen and oxygen atoms in total. The summed E-state index contributed by atoms with van der Waals surface area (Å²) >= 11 is 3.15. The second kappa shape index (κ2) is 5.05. The summed E-state index contributed by atoms with van der Waals surface area (Å²) in [5.41, 5.74) is 4.14. The maximum atomic E-state index is 11.6. The summed E-state index contributed by atoms with van der Waals surface area (Å²) in [5.74, 6) is -0.171. The van der Waals surface area contributed by atoms with Crippen molar-refractivity contribution in [3.05, 3.63) is 44.3 Å². The molecule has 0 radical (unpaired) electrons. The maximum Gasteiger partial charge on any atom is 0.272 e. The van der Waals surface area contributed by atoms with Crippen molar-refractivity contribution in [1.82, 2.24) is 5.43 Å². The molecule has 0 fully saturated rings. The fourth-order valence-electron chi connectivity index (χ4n) is 1.14. The SMILES string of the molecule is Cc1cc(C(=O)N/N=C\c2ccsc2)cs1. The van der Waals surface area contributed by atoms with E-state index < -0.39 is 0 Å². The highest BCUT2D eigenvalue weighted by molar-refractivity contribution is 7.10. The van der Waals surface area contributed by atoms with Crippen molar-refractivity contribution >= 4 is 34.8 Å². The Morgan fingerprint density at radius 1 is 1.50 bits per heavy atom.